The molecule has 1 aliphatic rings. The summed E-state index contributed by atoms with van der Waals surface area (Å²) in [6.07, 6.45) is 1.70. The fraction of sp³-hybridized carbons (Fsp3) is 0. The van der Waals surface area contributed by atoms with Crippen LogP contribution in [0.3, 0.4) is 0 Å². The summed E-state index contributed by atoms with van der Waals surface area (Å²) >= 11 is 0. The highest BCUT2D eigenvalue weighted by Gasteiger charge is 2.18. The minimum Gasteiger partial charge on any atom is -0.478 e. The molecule has 2 aromatic carbocycles. The Hall–Kier alpha value is -2.62. The monoisotopic (exact) mass is 238 g/mol. The number of nitrogens with one attached hydrogen (secondary N) is 1. The van der Waals surface area contributed by atoms with E-state index in [-0.39, 0.29) is 5.56 Å². The van der Waals surface area contributed by atoms with Crippen LogP contribution in [0.2, 0.25) is 0 Å². The molecular formula is C14H10N2O2. The number of hydrazone groups is 1. The number of benzene rings is 2. The zero-order valence-corrected chi connectivity index (χ0v) is 9.42. The first-order valence-electron chi connectivity index (χ1n) is 5.52. The van der Waals surface area contributed by atoms with Gasteiger partial charge in [-0.1, -0.05) is 30.3 Å². The van der Waals surface area contributed by atoms with Crippen molar-refractivity contribution < 1.29 is 9.90 Å². The van der Waals surface area contributed by atoms with E-state index in [9.17, 15) is 9.90 Å². The molecule has 0 radical (unpaired) electrons. The Morgan fingerprint density at radius 3 is 2.78 bits per heavy atom. The van der Waals surface area contributed by atoms with E-state index in [1.807, 2.05) is 30.3 Å². The van der Waals surface area contributed by atoms with Gasteiger partial charge in [0, 0.05) is 11.1 Å². The predicted octanol–water partition coefficient (Wildman–Crippen LogP) is 2.81. The molecule has 3 rings (SSSR count). The molecule has 2 aromatic rings. The van der Waals surface area contributed by atoms with E-state index in [1.165, 1.54) is 0 Å². The van der Waals surface area contributed by atoms with Gasteiger partial charge in [-0.05, 0) is 17.7 Å². The van der Waals surface area contributed by atoms with E-state index < -0.39 is 5.97 Å². The molecule has 0 saturated carbocycles. The van der Waals surface area contributed by atoms with E-state index in [2.05, 4.69) is 10.5 Å². The number of fused-ring (bicyclic) bond motifs is 3. The molecular weight excluding hydrogens is 228 g/mol. The summed E-state index contributed by atoms with van der Waals surface area (Å²) < 4.78 is 0. The molecule has 0 amide bonds. The molecule has 0 bridgehead atoms. The maximum absolute atomic E-state index is 11.3. The lowest BCUT2D eigenvalue weighted by Gasteiger charge is -2.11. The first-order chi connectivity index (χ1) is 8.77. The van der Waals surface area contributed by atoms with Crippen LogP contribution >= 0.6 is 0 Å². The number of carboxylic acid groups (broad SMARTS) is 1. The number of hydrogen-bond acceptors (Lipinski definition) is 3. The average molecular weight is 238 g/mol. The summed E-state index contributed by atoms with van der Waals surface area (Å²) in [5.41, 5.74) is 6.31. The third kappa shape index (κ3) is 1.55. The fourth-order valence-electron chi connectivity index (χ4n) is 2.12. The zero-order valence-electron chi connectivity index (χ0n) is 9.42. The SMILES string of the molecule is O=C(O)c1cccc2c1-c1ccccc1C=NN2. The van der Waals surface area contributed by atoms with Gasteiger partial charge >= 0.3 is 5.97 Å². The van der Waals surface area contributed by atoms with Gasteiger partial charge in [-0.3, -0.25) is 5.43 Å². The quantitative estimate of drug-likeness (QED) is 0.803. The minimum atomic E-state index is -0.939. The Bertz CT molecular complexity index is 663. The van der Waals surface area contributed by atoms with Crippen molar-refractivity contribution in [2.75, 3.05) is 5.43 Å². The Morgan fingerprint density at radius 2 is 1.94 bits per heavy atom. The summed E-state index contributed by atoms with van der Waals surface area (Å²) in [5, 5.41) is 13.4. The largest absolute Gasteiger partial charge is 0.478 e. The summed E-state index contributed by atoms with van der Waals surface area (Å²) in [5.74, 6) is -0.939. The van der Waals surface area contributed by atoms with Crippen LogP contribution in [-0.4, -0.2) is 17.3 Å². The minimum absolute atomic E-state index is 0.276. The molecule has 4 heteroatoms. The van der Waals surface area contributed by atoms with Gasteiger partial charge in [0.05, 0.1) is 17.5 Å². The van der Waals surface area contributed by atoms with Crippen molar-refractivity contribution in [1.29, 1.82) is 0 Å². The number of aromatic carboxylic acids is 1. The van der Waals surface area contributed by atoms with Crippen molar-refractivity contribution in [3.05, 3.63) is 53.6 Å². The lowest BCUT2D eigenvalue weighted by atomic mass is 9.94. The normalized spacial score (nSPS) is 12.0. The summed E-state index contributed by atoms with van der Waals surface area (Å²) in [6, 6.07) is 12.7. The van der Waals surface area contributed by atoms with E-state index in [0.29, 0.717) is 11.3 Å². The van der Waals surface area contributed by atoms with E-state index in [4.69, 9.17) is 0 Å². The van der Waals surface area contributed by atoms with Gasteiger partial charge in [0.15, 0.2) is 0 Å². The van der Waals surface area contributed by atoms with Gasteiger partial charge in [0.1, 0.15) is 0 Å². The second-order valence-corrected chi connectivity index (χ2v) is 3.99. The molecule has 1 heterocycles. The lowest BCUT2D eigenvalue weighted by Crippen LogP contribution is -2.02. The summed E-state index contributed by atoms with van der Waals surface area (Å²) in [6.45, 7) is 0. The molecule has 0 saturated heterocycles. The molecule has 0 aliphatic carbocycles. The summed E-state index contributed by atoms with van der Waals surface area (Å²) in [7, 11) is 0. The molecule has 18 heavy (non-hydrogen) atoms. The van der Waals surface area contributed by atoms with Crippen molar-refractivity contribution >= 4 is 17.9 Å². The van der Waals surface area contributed by atoms with Gasteiger partial charge in [0.25, 0.3) is 0 Å². The third-order valence-corrected chi connectivity index (χ3v) is 2.91. The number of hydrogen-bond donors (Lipinski definition) is 2. The number of carboxylic acids is 1. The smallest absolute Gasteiger partial charge is 0.336 e. The molecule has 0 aromatic heterocycles. The van der Waals surface area contributed by atoms with Crippen LogP contribution in [0.25, 0.3) is 11.1 Å². The zero-order chi connectivity index (χ0) is 12.5. The lowest BCUT2D eigenvalue weighted by molar-refractivity contribution is 0.0698. The van der Waals surface area contributed by atoms with Crippen LogP contribution in [0.4, 0.5) is 5.69 Å². The van der Waals surface area contributed by atoms with Crippen LogP contribution in [0, 0.1) is 0 Å². The maximum Gasteiger partial charge on any atom is 0.336 e. The third-order valence-electron chi connectivity index (χ3n) is 2.91. The molecule has 0 spiro atoms. The predicted molar refractivity (Wildman–Crippen MR) is 70.1 cm³/mol. The molecule has 0 unspecified atom stereocenters. The molecule has 4 nitrogen and oxygen atoms in total. The van der Waals surface area contributed by atoms with Crippen LogP contribution in [-0.2, 0) is 0 Å². The van der Waals surface area contributed by atoms with Gasteiger partial charge in [-0.15, -0.1) is 0 Å². The van der Waals surface area contributed by atoms with Crippen LogP contribution in [0.1, 0.15) is 15.9 Å². The topological polar surface area (TPSA) is 61.7 Å². The van der Waals surface area contributed by atoms with E-state index in [1.54, 1.807) is 18.3 Å². The van der Waals surface area contributed by atoms with Crippen molar-refractivity contribution in [2.45, 2.75) is 0 Å². The number of rotatable bonds is 1. The van der Waals surface area contributed by atoms with Crippen molar-refractivity contribution in [3.63, 3.8) is 0 Å². The molecule has 0 fully saturated rings. The molecule has 0 atom stereocenters. The van der Waals surface area contributed by atoms with Crippen molar-refractivity contribution in [2.24, 2.45) is 5.10 Å². The van der Waals surface area contributed by atoms with Gasteiger partial charge < -0.3 is 5.11 Å². The average Bonchev–Trinajstić information content (AvgIpc) is 2.57. The Labute approximate surface area is 104 Å². The Kier molecular flexibility index (Phi) is 2.34. The number of anilines is 1. The summed E-state index contributed by atoms with van der Waals surface area (Å²) in [4.78, 5) is 11.3. The van der Waals surface area contributed by atoms with Gasteiger partial charge in [-0.2, -0.15) is 5.10 Å². The highest BCUT2D eigenvalue weighted by Crippen LogP contribution is 2.35. The highest BCUT2D eigenvalue weighted by atomic mass is 16.4. The van der Waals surface area contributed by atoms with Crippen LogP contribution in [0.15, 0.2) is 47.6 Å². The molecule has 1 aliphatic heterocycles. The number of carbonyl (C=O) groups is 1. The number of nitrogens with zero attached hydrogens (tertiary/aromatic N) is 1. The maximum atomic E-state index is 11.3. The fourth-order valence-corrected chi connectivity index (χ4v) is 2.12. The van der Waals surface area contributed by atoms with Gasteiger partial charge in [-0.25, -0.2) is 4.79 Å². The van der Waals surface area contributed by atoms with E-state index in [0.717, 1.165) is 11.1 Å². The van der Waals surface area contributed by atoms with Crippen molar-refractivity contribution in [3.8, 4) is 11.1 Å². The first kappa shape index (κ1) is 10.5. The van der Waals surface area contributed by atoms with Crippen LogP contribution < -0.4 is 5.43 Å². The van der Waals surface area contributed by atoms with E-state index >= 15 is 0 Å². The standard InChI is InChI=1S/C14H10N2O2/c17-14(18)11-6-3-7-12-13(11)10-5-2-1-4-9(10)8-15-16-12/h1-8,16H,(H,17,18). The molecule has 88 valence electrons. The molecule has 2 N–H and O–H groups in total. The Balaban J connectivity index is 2.37. The van der Waals surface area contributed by atoms with Crippen LogP contribution in [0.5, 0.6) is 0 Å². The second kappa shape index (κ2) is 4.00. The van der Waals surface area contributed by atoms with Gasteiger partial charge in [0.2, 0.25) is 0 Å². The Morgan fingerprint density at radius 1 is 1.11 bits per heavy atom. The highest BCUT2D eigenvalue weighted by molar-refractivity contribution is 6.05. The second-order valence-electron chi connectivity index (χ2n) is 3.99. The van der Waals surface area contributed by atoms with Crippen molar-refractivity contribution in [1.82, 2.24) is 0 Å². The first-order valence-corrected chi connectivity index (χ1v) is 5.52.